The van der Waals surface area contributed by atoms with Gasteiger partial charge in [0.2, 0.25) is 10.0 Å². The van der Waals surface area contributed by atoms with Crippen LogP contribution in [0.5, 0.6) is 0 Å². The molecule has 3 rings (SSSR count). The van der Waals surface area contributed by atoms with Crippen molar-refractivity contribution in [1.29, 1.82) is 0 Å². The number of nitrogens with zero attached hydrogens (tertiary/aromatic N) is 2. The summed E-state index contributed by atoms with van der Waals surface area (Å²) in [6, 6.07) is 4.60. The number of sulfone groups is 1. The van der Waals surface area contributed by atoms with E-state index in [4.69, 9.17) is 23.2 Å². The second-order valence-electron chi connectivity index (χ2n) is 7.04. The third-order valence-corrected chi connectivity index (χ3v) is 9.70. The Balaban J connectivity index is 2.00. The van der Waals surface area contributed by atoms with Crippen LogP contribution in [0.1, 0.15) is 5.69 Å². The van der Waals surface area contributed by atoms with E-state index in [1.54, 1.807) is 0 Å². The Morgan fingerprint density at radius 3 is 2.31 bits per heavy atom. The summed E-state index contributed by atoms with van der Waals surface area (Å²) in [4.78, 5) is 2.01. The van der Waals surface area contributed by atoms with Gasteiger partial charge in [-0.3, -0.25) is 4.98 Å². The highest BCUT2D eigenvalue weighted by Crippen LogP contribution is 2.37. The average molecular weight is 535 g/mol. The van der Waals surface area contributed by atoms with Gasteiger partial charge in [0.1, 0.15) is 21.4 Å². The van der Waals surface area contributed by atoms with Gasteiger partial charge in [-0.05, 0) is 30.3 Å². The smallest absolute Gasteiger partial charge is 0.393 e. The number of sulfonamides is 1. The molecular formula is C17H15Cl2F3N2O6S2. The molecule has 0 spiro atoms. The topological polar surface area (TPSA) is 125 Å². The van der Waals surface area contributed by atoms with E-state index in [0.717, 1.165) is 12.1 Å². The van der Waals surface area contributed by atoms with Gasteiger partial charge in [-0.1, -0.05) is 23.2 Å². The molecule has 2 aromatic rings. The maximum Gasteiger partial charge on any atom is 0.433 e. The summed E-state index contributed by atoms with van der Waals surface area (Å²) in [7, 11) is -9.04. The van der Waals surface area contributed by atoms with Gasteiger partial charge in [-0.25, -0.2) is 16.8 Å². The van der Waals surface area contributed by atoms with Gasteiger partial charge in [0.05, 0.1) is 16.5 Å². The zero-order chi connectivity index (χ0) is 24.1. The van der Waals surface area contributed by atoms with Crippen molar-refractivity contribution in [3.05, 3.63) is 52.3 Å². The summed E-state index contributed by atoms with van der Waals surface area (Å²) in [6.45, 7) is -2.73. The Morgan fingerprint density at radius 1 is 1.16 bits per heavy atom. The Hall–Kier alpha value is -1.48. The van der Waals surface area contributed by atoms with E-state index >= 15 is 0 Å². The van der Waals surface area contributed by atoms with Gasteiger partial charge >= 0.3 is 6.18 Å². The molecule has 1 aromatic heterocycles. The highest BCUT2D eigenvalue weighted by atomic mass is 35.5. The number of pyridine rings is 1. The molecule has 0 bridgehead atoms. The maximum absolute atomic E-state index is 13.0. The number of hydrogen-bond donors (Lipinski definition) is 2. The molecule has 176 valence electrons. The lowest BCUT2D eigenvalue weighted by atomic mass is 10.1. The highest BCUT2D eigenvalue weighted by molar-refractivity contribution is 7.92. The minimum Gasteiger partial charge on any atom is -0.393 e. The number of halogens is 5. The highest BCUT2D eigenvalue weighted by Gasteiger charge is 2.55. The van der Waals surface area contributed by atoms with Gasteiger partial charge in [-0.15, -0.1) is 0 Å². The minimum atomic E-state index is -4.80. The minimum absolute atomic E-state index is 0.150. The fraction of sp³-hybridized carbons (Fsp3) is 0.353. The SMILES string of the molecule is O=S(=O)(c1ccc(C(F)(F)F)nc1)[C@H]1CN(S(=O)(=O)c2ccc(Cl)cc2Cl)C[C@@]1(O)CO. The number of aliphatic hydroxyl groups excluding tert-OH is 1. The van der Waals surface area contributed by atoms with Crippen molar-refractivity contribution in [3.63, 3.8) is 0 Å². The Labute approximate surface area is 191 Å². The van der Waals surface area contributed by atoms with Gasteiger partial charge in [0, 0.05) is 24.3 Å². The molecule has 0 aliphatic carbocycles. The molecule has 32 heavy (non-hydrogen) atoms. The molecule has 0 amide bonds. The van der Waals surface area contributed by atoms with Crippen molar-refractivity contribution in [1.82, 2.24) is 9.29 Å². The first-order valence-electron chi connectivity index (χ1n) is 8.68. The van der Waals surface area contributed by atoms with Crippen molar-refractivity contribution in [2.45, 2.75) is 26.8 Å². The third kappa shape index (κ3) is 4.47. The van der Waals surface area contributed by atoms with Gasteiger partial charge < -0.3 is 10.2 Å². The van der Waals surface area contributed by atoms with Crippen LogP contribution in [-0.2, 0) is 26.0 Å². The quantitative estimate of drug-likeness (QED) is 0.600. The third-order valence-electron chi connectivity index (χ3n) is 4.93. The van der Waals surface area contributed by atoms with Crippen LogP contribution in [0, 0.1) is 0 Å². The molecule has 1 aromatic carbocycles. The summed E-state index contributed by atoms with van der Waals surface area (Å²) in [6.07, 6.45) is -4.34. The molecule has 8 nitrogen and oxygen atoms in total. The molecule has 2 heterocycles. The van der Waals surface area contributed by atoms with Crippen LogP contribution < -0.4 is 0 Å². The average Bonchev–Trinajstić information content (AvgIpc) is 3.07. The fourth-order valence-corrected chi connectivity index (χ4v) is 7.50. The lowest BCUT2D eigenvalue weighted by Crippen LogP contribution is -2.49. The van der Waals surface area contributed by atoms with Crippen molar-refractivity contribution in [2.75, 3.05) is 19.7 Å². The molecular weight excluding hydrogens is 520 g/mol. The first-order chi connectivity index (χ1) is 14.6. The fourth-order valence-electron chi connectivity index (χ4n) is 3.25. The predicted molar refractivity (Wildman–Crippen MR) is 107 cm³/mol. The van der Waals surface area contributed by atoms with Crippen LogP contribution in [0.2, 0.25) is 10.0 Å². The van der Waals surface area contributed by atoms with Crippen LogP contribution in [0.25, 0.3) is 0 Å². The number of aliphatic hydroxyl groups is 2. The maximum atomic E-state index is 13.0. The van der Waals surface area contributed by atoms with Crippen LogP contribution in [-0.4, -0.2) is 66.9 Å². The van der Waals surface area contributed by atoms with Crippen LogP contribution in [0.15, 0.2) is 46.3 Å². The molecule has 1 fully saturated rings. The summed E-state index contributed by atoms with van der Waals surface area (Å²) in [5, 5.41) is 18.4. The standard InChI is InChI=1S/C17H15Cl2F3N2O6S2/c18-10-1-3-13(12(19)5-10)32(29,30)24-7-15(16(26,8-24)9-25)31(27,28)11-2-4-14(23-6-11)17(20,21)22/h1-6,15,25-26H,7-9H2/t15-,16+/m0/s1. The number of rotatable bonds is 5. The van der Waals surface area contributed by atoms with Crippen LogP contribution >= 0.6 is 23.2 Å². The molecule has 0 radical (unpaired) electrons. The molecule has 0 saturated carbocycles. The van der Waals surface area contributed by atoms with Crippen LogP contribution in [0.4, 0.5) is 13.2 Å². The number of alkyl halides is 3. The van der Waals surface area contributed by atoms with E-state index in [9.17, 15) is 40.2 Å². The molecule has 1 aliphatic heterocycles. The number of hydrogen-bond acceptors (Lipinski definition) is 7. The van der Waals surface area contributed by atoms with E-state index in [1.807, 2.05) is 0 Å². The zero-order valence-corrected chi connectivity index (χ0v) is 18.9. The lowest BCUT2D eigenvalue weighted by Gasteiger charge is -2.26. The van der Waals surface area contributed by atoms with E-state index in [-0.39, 0.29) is 10.0 Å². The predicted octanol–water partition coefficient (Wildman–Crippen LogP) is 1.98. The Morgan fingerprint density at radius 2 is 1.81 bits per heavy atom. The second-order valence-corrected chi connectivity index (χ2v) is 11.9. The molecule has 2 atom stereocenters. The van der Waals surface area contributed by atoms with Crippen LogP contribution in [0.3, 0.4) is 0 Å². The molecule has 1 aliphatic rings. The van der Waals surface area contributed by atoms with Gasteiger partial charge in [0.15, 0.2) is 9.84 Å². The summed E-state index contributed by atoms with van der Waals surface area (Å²) in [5.74, 6) is 0. The summed E-state index contributed by atoms with van der Waals surface area (Å²) in [5.41, 5.74) is -3.77. The van der Waals surface area contributed by atoms with E-state index in [0.29, 0.717) is 22.6 Å². The summed E-state index contributed by atoms with van der Waals surface area (Å²) >= 11 is 11.7. The van der Waals surface area contributed by atoms with E-state index in [1.165, 1.54) is 6.07 Å². The first kappa shape index (κ1) is 25.1. The Bertz CT molecular complexity index is 1240. The zero-order valence-electron chi connectivity index (χ0n) is 15.8. The van der Waals surface area contributed by atoms with Gasteiger partial charge in [0.25, 0.3) is 0 Å². The van der Waals surface area contributed by atoms with Crippen molar-refractivity contribution in [2.24, 2.45) is 0 Å². The first-order valence-corrected chi connectivity index (χ1v) is 12.4. The van der Waals surface area contributed by atoms with E-state index < -0.39 is 72.1 Å². The largest absolute Gasteiger partial charge is 0.433 e. The van der Waals surface area contributed by atoms with E-state index in [2.05, 4.69) is 4.98 Å². The molecule has 15 heteroatoms. The van der Waals surface area contributed by atoms with Gasteiger partial charge in [-0.2, -0.15) is 17.5 Å². The molecule has 1 saturated heterocycles. The Kier molecular flexibility index (Phi) is 6.59. The normalized spacial score (nSPS) is 22.9. The summed E-state index contributed by atoms with van der Waals surface area (Å²) < 4.78 is 90.9. The van der Waals surface area contributed by atoms with Crippen molar-refractivity contribution in [3.8, 4) is 0 Å². The van der Waals surface area contributed by atoms with Crippen molar-refractivity contribution >= 4 is 43.1 Å². The molecule has 0 unspecified atom stereocenters. The number of benzene rings is 1. The van der Waals surface area contributed by atoms with Crippen molar-refractivity contribution < 1.29 is 40.2 Å². The lowest BCUT2D eigenvalue weighted by molar-refractivity contribution is -0.141. The monoisotopic (exact) mass is 534 g/mol. The second kappa shape index (κ2) is 8.38. The molecule has 2 N–H and O–H groups in total. The number of aromatic nitrogens is 1. The number of β-amino-alcohol motifs (C(OH)–C–C–N with tert-alkyl or cyclic N) is 1.